The highest BCUT2D eigenvalue weighted by Crippen LogP contribution is 2.46. The molecule has 7 heteroatoms. The summed E-state index contributed by atoms with van der Waals surface area (Å²) in [7, 11) is -4.06. The Morgan fingerprint density at radius 1 is 1.13 bits per heavy atom. The number of benzene rings is 2. The quantitative estimate of drug-likeness (QED) is 0.586. The Morgan fingerprint density at radius 3 is 2.50 bits per heavy atom. The van der Waals surface area contributed by atoms with Crippen LogP contribution in [0.1, 0.15) is 32.1 Å². The van der Waals surface area contributed by atoms with Gasteiger partial charge in [0.1, 0.15) is 6.54 Å². The van der Waals surface area contributed by atoms with Crippen LogP contribution in [-0.2, 0) is 14.8 Å². The van der Waals surface area contributed by atoms with Crippen LogP contribution in [0.2, 0.25) is 0 Å². The molecule has 1 atom stereocenters. The number of rotatable bonds is 6. The van der Waals surface area contributed by atoms with Crippen LogP contribution >= 0.6 is 15.9 Å². The molecule has 5 nitrogen and oxygen atoms in total. The maximum absolute atomic E-state index is 14.0. The van der Waals surface area contributed by atoms with E-state index in [9.17, 15) is 18.3 Å². The molecule has 0 aromatic heterocycles. The first-order chi connectivity index (χ1) is 14.3. The average Bonchev–Trinajstić information content (AvgIpc) is 3.22. The van der Waals surface area contributed by atoms with Crippen molar-refractivity contribution < 1.29 is 18.3 Å². The summed E-state index contributed by atoms with van der Waals surface area (Å²) >= 11 is 3.57. The third-order valence-corrected chi connectivity index (χ3v) is 8.74. The van der Waals surface area contributed by atoms with Crippen molar-refractivity contribution in [1.29, 1.82) is 0 Å². The van der Waals surface area contributed by atoms with Gasteiger partial charge in [0.25, 0.3) is 0 Å². The van der Waals surface area contributed by atoms with Gasteiger partial charge in [-0.1, -0.05) is 83.4 Å². The molecular weight excluding hydrogens is 466 g/mol. The van der Waals surface area contributed by atoms with E-state index in [0.29, 0.717) is 18.2 Å². The van der Waals surface area contributed by atoms with E-state index < -0.39 is 28.1 Å². The number of carboxylic acids is 1. The van der Waals surface area contributed by atoms with Gasteiger partial charge in [-0.05, 0) is 36.3 Å². The summed E-state index contributed by atoms with van der Waals surface area (Å²) < 4.78 is 29.2. The zero-order chi connectivity index (χ0) is 21.4. The van der Waals surface area contributed by atoms with Gasteiger partial charge >= 0.3 is 5.97 Å². The molecular formula is C23H24BrNO4S. The molecule has 0 spiro atoms. The molecule has 1 fully saturated rings. The Morgan fingerprint density at radius 2 is 1.83 bits per heavy atom. The summed E-state index contributed by atoms with van der Waals surface area (Å²) in [6.45, 7) is -0.561. The molecule has 0 bridgehead atoms. The van der Waals surface area contributed by atoms with E-state index in [1.165, 1.54) is 4.31 Å². The fraction of sp³-hybridized carbons (Fsp3) is 0.348. The first-order valence-corrected chi connectivity index (χ1v) is 12.5. The number of hydrogen-bond donors (Lipinski definition) is 1. The fourth-order valence-corrected chi connectivity index (χ4v) is 7.03. The lowest BCUT2D eigenvalue weighted by atomic mass is 9.84. The lowest BCUT2D eigenvalue weighted by Crippen LogP contribution is -2.53. The number of hydrogen-bond acceptors (Lipinski definition) is 3. The molecule has 0 radical (unpaired) electrons. The first kappa shape index (κ1) is 21.3. The minimum absolute atomic E-state index is 0.159. The largest absolute Gasteiger partial charge is 0.480 e. The molecule has 0 saturated heterocycles. The number of alkyl halides is 1. The number of nitrogens with zero attached hydrogens (tertiary/aromatic N) is 1. The Bertz CT molecular complexity index is 1130. The smallest absolute Gasteiger partial charge is 0.318 e. The molecule has 1 unspecified atom stereocenters. The van der Waals surface area contributed by atoms with Crippen LogP contribution in [0.25, 0.3) is 10.8 Å². The SMILES string of the molecule is O=C(O)CN(C1(C2=CCC(Br)C=C2)CCCC1)S(=O)(=O)c1cccc2ccccc12. The number of carbonyl (C=O) groups is 1. The summed E-state index contributed by atoms with van der Waals surface area (Å²) in [5.41, 5.74) is 0.0680. The second-order valence-corrected chi connectivity index (χ2v) is 10.9. The van der Waals surface area contributed by atoms with Gasteiger partial charge in [0.2, 0.25) is 10.0 Å². The fourth-order valence-electron chi connectivity index (χ4n) is 4.71. The van der Waals surface area contributed by atoms with E-state index in [0.717, 1.165) is 30.2 Å². The van der Waals surface area contributed by atoms with Crippen LogP contribution in [0.15, 0.2) is 71.2 Å². The van der Waals surface area contributed by atoms with Gasteiger partial charge in [-0.25, -0.2) is 8.42 Å². The number of carboxylic acid groups (broad SMARTS) is 1. The second-order valence-electron chi connectivity index (χ2n) is 7.89. The van der Waals surface area contributed by atoms with Crippen LogP contribution in [0.5, 0.6) is 0 Å². The van der Waals surface area contributed by atoms with Crippen LogP contribution in [0.3, 0.4) is 0 Å². The standard InChI is InChI=1S/C23H24BrNO4S/c24-19-12-10-18(11-13-19)23(14-3-4-15-23)25(16-22(26)27)30(28,29)21-9-5-7-17-6-1-2-8-20(17)21/h1-2,5-12,19H,3-4,13-16H2,(H,26,27). The summed E-state index contributed by atoms with van der Waals surface area (Å²) in [5.74, 6) is -1.15. The van der Waals surface area contributed by atoms with E-state index in [-0.39, 0.29) is 9.72 Å². The molecule has 0 amide bonds. The van der Waals surface area contributed by atoms with Crippen molar-refractivity contribution in [2.75, 3.05) is 6.54 Å². The summed E-state index contributed by atoms with van der Waals surface area (Å²) in [4.78, 5) is 12.2. The van der Waals surface area contributed by atoms with Gasteiger partial charge < -0.3 is 5.11 Å². The zero-order valence-corrected chi connectivity index (χ0v) is 18.9. The molecule has 0 aliphatic heterocycles. The highest BCUT2D eigenvalue weighted by atomic mass is 79.9. The highest BCUT2D eigenvalue weighted by Gasteiger charge is 2.49. The molecule has 1 N–H and O–H groups in total. The van der Waals surface area contributed by atoms with Gasteiger partial charge in [-0.3, -0.25) is 4.79 Å². The van der Waals surface area contributed by atoms with Crippen molar-refractivity contribution in [2.45, 2.75) is 47.4 Å². The number of sulfonamides is 1. The number of allylic oxidation sites excluding steroid dienone is 2. The molecule has 0 heterocycles. The minimum atomic E-state index is -4.06. The Labute approximate surface area is 185 Å². The Balaban J connectivity index is 1.89. The van der Waals surface area contributed by atoms with Crippen LogP contribution in [0.4, 0.5) is 0 Å². The maximum Gasteiger partial charge on any atom is 0.318 e. The van der Waals surface area contributed by atoms with Crippen molar-refractivity contribution in [3.8, 4) is 0 Å². The second kappa shape index (κ2) is 8.29. The summed E-state index contributed by atoms with van der Waals surface area (Å²) in [5, 5.41) is 11.1. The normalized spacial score (nSPS) is 21.1. The van der Waals surface area contributed by atoms with E-state index in [4.69, 9.17) is 0 Å². The molecule has 158 valence electrons. The van der Waals surface area contributed by atoms with Crippen molar-refractivity contribution in [3.63, 3.8) is 0 Å². The van der Waals surface area contributed by atoms with Gasteiger partial charge in [-0.2, -0.15) is 4.31 Å². The molecule has 4 rings (SSSR count). The molecule has 30 heavy (non-hydrogen) atoms. The minimum Gasteiger partial charge on any atom is -0.480 e. The summed E-state index contributed by atoms with van der Waals surface area (Å²) in [6, 6.07) is 12.5. The molecule has 2 aliphatic rings. The van der Waals surface area contributed by atoms with Crippen molar-refractivity contribution in [3.05, 3.63) is 66.3 Å². The van der Waals surface area contributed by atoms with Crippen molar-refractivity contribution >= 4 is 42.7 Å². The van der Waals surface area contributed by atoms with E-state index in [1.807, 2.05) is 30.4 Å². The van der Waals surface area contributed by atoms with Gasteiger partial charge in [0.15, 0.2) is 0 Å². The lowest BCUT2D eigenvalue weighted by Gasteiger charge is -2.41. The van der Waals surface area contributed by atoms with E-state index >= 15 is 0 Å². The average molecular weight is 490 g/mol. The van der Waals surface area contributed by atoms with Crippen LogP contribution < -0.4 is 0 Å². The number of halogens is 1. The van der Waals surface area contributed by atoms with Crippen molar-refractivity contribution in [1.82, 2.24) is 4.31 Å². The van der Waals surface area contributed by atoms with E-state index in [1.54, 1.807) is 24.3 Å². The zero-order valence-electron chi connectivity index (χ0n) is 16.5. The Hall–Kier alpha value is -1.96. The first-order valence-electron chi connectivity index (χ1n) is 10.1. The molecule has 2 aromatic carbocycles. The molecule has 2 aliphatic carbocycles. The van der Waals surface area contributed by atoms with E-state index in [2.05, 4.69) is 22.0 Å². The Kier molecular flexibility index (Phi) is 5.88. The van der Waals surface area contributed by atoms with Gasteiger partial charge in [0.05, 0.1) is 10.4 Å². The summed E-state index contributed by atoms with van der Waals surface area (Å²) in [6.07, 6.45) is 9.75. The third kappa shape index (κ3) is 3.74. The lowest BCUT2D eigenvalue weighted by molar-refractivity contribution is -0.138. The predicted molar refractivity (Wildman–Crippen MR) is 121 cm³/mol. The predicted octanol–water partition coefficient (Wildman–Crippen LogP) is 4.88. The van der Waals surface area contributed by atoms with Crippen LogP contribution in [0, 0.1) is 0 Å². The maximum atomic E-state index is 14.0. The van der Waals surface area contributed by atoms with Crippen LogP contribution in [-0.4, -0.2) is 40.7 Å². The van der Waals surface area contributed by atoms with Gasteiger partial charge in [0, 0.05) is 10.2 Å². The number of fused-ring (bicyclic) bond motifs is 1. The van der Waals surface area contributed by atoms with Crippen molar-refractivity contribution in [2.24, 2.45) is 0 Å². The topological polar surface area (TPSA) is 74.7 Å². The molecule has 1 saturated carbocycles. The monoisotopic (exact) mass is 489 g/mol. The highest BCUT2D eigenvalue weighted by molar-refractivity contribution is 9.09. The number of aliphatic carboxylic acids is 1. The van der Waals surface area contributed by atoms with Gasteiger partial charge in [-0.15, -0.1) is 0 Å². The molecule has 2 aromatic rings. The third-order valence-electron chi connectivity index (χ3n) is 6.09.